The van der Waals surface area contributed by atoms with Crippen molar-refractivity contribution in [2.75, 3.05) is 7.11 Å². The van der Waals surface area contributed by atoms with Crippen LogP contribution in [0.25, 0.3) is 0 Å². The molecule has 0 aliphatic heterocycles. The summed E-state index contributed by atoms with van der Waals surface area (Å²) in [5.41, 5.74) is 2.49. The molecule has 0 spiro atoms. The highest BCUT2D eigenvalue weighted by Gasteiger charge is 2.26. The van der Waals surface area contributed by atoms with Gasteiger partial charge in [-0.25, -0.2) is 4.79 Å². The van der Waals surface area contributed by atoms with Gasteiger partial charge in [0.1, 0.15) is 18.4 Å². The number of rotatable bonds is 10. The van der Waals surface area contributed by atoms with E-state index in [4.69, 9.17) is 9.47 Å². The summed E-state index contributed by atoms with van der Waals surface area (Å²) in [7, 11) is 1.42. The number of amides is 1. The molecule has 0 heterocycles. The average Bonchev–Trinajstić information content (AvgIpc) is 2.80. The number of hydrogen-bond acceptors (Lipinski definition) is 4. The molecule has 0 saturated heterocycles. The van der Waals surface area contributed by atoms with Crippen LogP contribution in [0, 0.1) is 0 Å². The van der Waals surface area contributed by atoms with Crippen molar-refractivity contribution in [3.63, 3.8) is 0 Å². The Morgan fingerprint density at radius 1 is 0.871 bits per heavy atom. The number of carboxylic acid groups (broad SMARTS) is 1. The lowest BCUT2D eigenvalue weighted by atomic mass is 10.0. The first-order chi connectivity index (χ1) is 15.1. The molecule has 1 amide bonds. The first-order valence-corrected chi connectivity index (χ1v) is 9.93. The summed E-state index contributed by atoms with van der Waals surface area (Å²) in [4.78, 5) is 24.4. The second kappa shape index (κ2) is 10.9. The number of carbonyl (C=O) groups is 2. The molecule has 0 unspecified atom stereocenters. The van der Waals surface area contributed by atoms with Gasteiger partial charge in [-0.1, -0.05) is 72.8 Å². The summed E-state index contributed by atoms with van der Waals surface area (Å²) in [6, 6.07) is 24.9. The van der Waals surface area contributed by atoms with Gasteiger partial charge in [-0.2, -0.15) is 0 Å². The first-order valence-electron chi connectivity index (χ1n) is 9.93. The quantitative estimate of drug-likeness (QED) is 0.523. The molecule has 0 saturated carbocycles. The zero-order chi connectivity index (χ0) is 22.1. The summed E-state index contributed by atoms with van der Waals surface area (Å²) < 4.78 is 11.0. The van der Waals surface area contributed by atoms with Gasteiger partial charge in [0.05, 0.1) is 0 Å². The van der Waals surface area contributed by atoms with Gasteiger partial charge in [0.15, 0.2) is 6.10 Å². The number of hydrogen-bond donors (Lipinski definition) is 2. The van der Waals surface area contributed by atoms with E-state index in [-0.39, 0.29) is 6.42 Å². The molecular weight excluding hydrogens is 394 g/mol. The molecule has 0 aliphatic rings. The second-order valence-electron chi connectivity index (χ2n) is 7.05. The molecule has 2 atom stereocenters. The fraction of sp³-hybridized carbons (Fsp3) is 0.200. The van der Waals surface area contributed by atoms with Crippen LogP contribution >= 0.6 is 0 Å². The third kappa shape index (κ3) is 6.42. The Kier molecular flexibility index (Phi) is 7.79. The molecule has 6 heteroatoms. The number of aliphatic carboxylic acids is 1. The molecule has 3 aromatic carbocycles. The molecular formula is C25H25NO5. The van der Waals surface area contributed by atoms with Crippen molar-refractivity contribution in [2.45, 2.75) is 25.2 Å². The zero-order valence-electron chi connectivity index (χ0n) is 17.2. The summed E-state index contributed by atoms with van der Waals surface area (Å²) in [6.45, 7) is 0.450. The smallest absolute Gasteiger partial charge is 0.326 e. The Morgan fingerprint density at radius 2 is 1.48 bits per heavy atom. The molecule has 0 radical (unpaired) electrons. The third-order valence-corrected chi connectivity index (χ3v) is 4.80. The number of nitrogens with one attached hydrogen (secondary N) is 1. The third-order valence-electron chi connectivity index (χ3n) is 4.80. The lowest BCUT2D eigenvalue weighted by Gasteiger charge is -2.20. The van der Waals surface area contributed by atoms with E-state index in [1.54, 1.807) is 48.5 Å². The summed E-state index contributed by atoms with van der Waals surface area (Å²) in [5, 5.41) is 12.2. The highest BCUT2D eigenvalue weighted by molar-refractivity contribution is 5.87. The van der Waals surface area contributed by atoms with Crippen molar-refractivity contribution in [3.8, 4) is 5.75 Å². The molecule has 0 aromatic heterocycles. The van der Waals surface area contributed by atoms with E-state index in [1.807, 2.05) is 36.4 Å². The standard InChI is InChI=1S/C25H25NO5/c1-30-23(20-10-6-3-7-11-20)24(27)26-22(25(28)29)16-18-12-14-21(15-13-18)31-17-19-8-4-2-5-9-19/h2-15,22-23H,16-17H2,1H3,(H,26,27)(H,28,29)/t22-,23+/m0/s1. The van der Waals surface area contributed by atoms with E-state index in [2.05, 4.69) is 5.32 Å². The van der Waals surface area contributed by atoms with Crippen LogP contribution in [0.3, 0.4) is 0 Å². The maximum atomic E-state index is 12.6. The minimum atomic E-state index is -1.11. The Morgan fingerprint density at radius 3 is 2.06 bits per heavy atom. The van der Waals surface area contributed by atoms with Crippen molar-refractivity contribution in [3.05, 3.63) is 102 Å². The normalized spacial score (nSPS) is 12.5. The Balaban J connectivity index is 1.60. The zero-order valence-corrected chi connectivity index (χ0v) is 17.2. The van der Waals surface area contributed by atoms with Gasteiger partial charge in [0.2, 0.25) is 0 Å². The van der Waals surface area contributed by atoms with Crippen molar-refractivity contribution < 1.29 is 24.2 Å². The monoisotopic (exact) mass is 419 g/mol. The number of benzene rings is 3. The molecule has 31 heavy (non-hydrogen) atoms. The van der Waals surface area contributed by atoms with Gasteiger partial charge in [-0.3, -0.25) is 4.79 Å². The van der Waals surface area contributed by atoms with Crippen LogP contribution in [-0.2, 0) is 27.4 Å². The van der Waals surface area contributed by atoms with Gasteiger partial charge in [0.25, 0.3) is 5.91 Å². The number of carboxylic acids is 1. The van der Waals surface area contributed by atoms with Crippen LogP contribution in [0.15, 0.2) is 84.9 Å². The first kappa shape index (κ1) is 22.1. The summed E-state index contributed by atoms with van der Waals surface area (Å²) in [6.07, 6.45) is -0.734. The van der Waals surface area contributed by atoms with Crippen LogP contribution in [0.4, 0.5) is 0 Å². The fourth-order valence-corrected chi connectivity index (χ4v) is 3.17. The molecule has 0 bridgehead atoms. The van der Waals surface area contributed by atoms with E-state index < -0.39 is 24.0 Å². The van der Waals surface area contributed by atoms with Crippen molar-refractivity contribution in [1.82, 2.24) is 5.32 Å². The fourth-order valence-electron chi connectivity index (χ4n) is 3.17. The Bertz CT molecular complexity index is 974. The van der Waals surface area contributed by atoms with Gasteiger partial charge >= 0.3 is 5.97 Å². The second-order valence-corrected chi connectivity index (χ2v) is 7.05. The molecule has 0 aliphatic carbocycles. The highest BCUT2D eigenvalue weighted by atomic mass is 16.5. The van der Waals surface area contributed by atoms with Crippen molar-refractivity contribution in [2.24, 2.45) is 0 Å². The highest BCUT2D eigenvalue weighted by Crippen LogP contribution is 2.18. The predicted octanol–water partition coefficient (Wildman–Crippen LogP) is 3.77. The largest absolute Gasteiger partial charge is 0.489 e. The average molecular weight is 419 g/mol. The van der Waals surface area contributed by atoms with E-state index in [1.165, 1.54) is 7.11 Å². The van der Waals surface area contributed by atoms with Gasteiger partial charge in [0, 0.05) is 13.5 Å². The van der Waals surface area contributed by atoms with Crippen molar-refractivity contribution in [1.29, 1.82) is 0 Å². The Hall–Kier alpha value is -3.64. The lowest BCUT2D eigenvalue weighted by Crippen LogP contribution is -2.44. The molecule has 0 fully saturated rings. The molecule has 3 aromatic rings. The summed E-state index contributed by atoms with van der Waals surface area (Å²) in [5.74, 6) is -0.920. The van der Waals surface area contributed by atoms with Crippen LogP contribution in [-0.4, -0.2) is 30.1 Å². The van der Waals surface area contributed by atoms with Gasteiger partial charge in [-0.05, 0) is 28.8 Å². The van der Waals surface area contributed by atoms with E-state index in [0.717, 1.165) is 11.1 Å². The van der Waals surface area contributed by atoms with Crippen molar-refractivity contribution >= 4 is 11.9 Å². The minimum Gasteiger partial charge on any atom is -0.489 e. The topological polar surface area (TPSA) is 84.9 Å². The van der Waals surface area contributed by atoms with Crippen LogP contribution in [0.5, 0.6) is 5.75 Å². The SMILES string of the molecule is CO[C@@H](C(=O)N[C@@H](Cc1ccc(OCc2ccccc2)cc1)C(=O)O)c1ccccc1. The number of ether oxygens (including phenoxy) is 2. The maximum absolute atomic E-state index is 12.6. The molecule has 2 N–H and O–H groups in total. The molecule has 3 rings (SSSR count). The van der Waals surface area contributed by atoms with Gasteiger partial charge < -0.3 is 19.9 Å². The maximum Gasteiger partial charge on any atom is 0.326 e. The van der Waals surface area contributed by atoms with Crippen LogP contribution in [0.2, 0.25) is 0 Å². The summed E-state index contributed by atoms with van der Waals surface area (Å²) >= 11 is 0. The van der Waals surface area contributed by atoms with Crippen LogP contribution in [0.1, 0.15) is 22.8 Å². The number of methoxy groups -OCH3 is 1. The van der Waals surface area contributed by atoms with E-state index in [9.17, 15) is 14.7 Å². The van der Waals surface area contributed by atoms with E-state index in [0.29, 0.717) is 17.9 Å². The van der Waals surface area contributed by atoms with Crippen LogP contribution < -0.4 is 10.1 Å². The molecule has 160 valence electrons. The predicted molar refractivity (Wildman–Crippen MR) is 117 cm³/mol. The molecule has 6 nitrogen and oxygen atoms in total. The lowest BCUT2D eigenvalue weighted by molar-refractivity contribution is -0.144. The number of carbonyl (C=O) groups excluding carboxylic acids is 1. The van der Waals surface area contributed by atoms with E-state index >= 15 is 0 Å². The minimum absolute atomic E-state index is 0.144. The van der Waals surface area contributed by atoms with Gasteiger partial charge in [-0.15, -0.1) is 0 Å². The Labute approximate surface area is 181 Å².